The number of nitrogen functional groups attached to an aromatic ring is 1. The second-order valence-electron chi connectivity index (χ2n) is 5.76. The fourth-order valence-corrected chi connectivity index (χ4v) is 2.99. The van der Waals surface area contributed by atoms with E-state index >= 15 is 0 Å². The van der Waals surface area contributed by atoms with Crippen LogP contribution < -0.4 is 11.1 Å². The summed E-state index contributed by atoms with van der Waals surface area (Å²) in [5.41, 5.74) is 6.97. The van der Waals surface area contributed by atoms with Crippen molar-refractivity contribution in [2.75, 3.05) is 30.7 Å². The monoisotopic (exact) mass is 309 g/mol. The molecule has 1 unspecified atom stereocenters. The zero-order valence-corrected chi connectivity index (χ0v) is 13.3. The molecular weight excluding hydrogens is 286 g/mol. The van der Waals surface area contributed by atoms with Gasteiger partial charge >= 0.3 is 0 Å². The fraction of sp³-hybridized carbons (Fsp3) is 0.562. The maximum Gasteiger partial charge on any atom is 0.238 e. The van der Waals surface area contributed by atoms with Crippen LogP contribution in [0.5, 0.6) is 0 Å². The molecule has 0 saturated carbocycles. The number of carbonyl (C=O) groups is 1. The summed E-state index contributed by atoms with van der Waals surface area (Å²) in [5.74, 6) is 0.778. The maximum atomic E-state index is 12.2. The predicted octanol–water partition coefficient (Wildman–Crippen LogP) is 3.37. The number of nitrogens with zero attached hydrogens (tertiary/aromatic N) is 1. The van der Waals surface area contributed by atoms with E-state index in [-0.39, 0.29) is 5.91 Å². The highest BCUT2D eigenvalue weighted by Gasteiger charge is 2.18. The van der Waals surface area contributed by atoms with Gasteiger partial charge in [-0.15, -0.1) is 0 Å². The second kappa shape index (κ2) is 7.66. The lowest BCUT2D eigenvalue weighted by atomic mass is 9.98. The Kier molecular flexibility index (Phi) is 5.88. The Hall–Kier alpha value is -1.26. The van der Waals surface area contributed by atoms with E-state index in [1.165, 1.54) is 25.7 Å². The lowest BCUT2D eigenvalue weighted by Gasteiger charge is -2.19. The van der Waals surface area contributed by atoms with Crippen LogP contribution in [0.1, 0.15) is 32.6 Å². The van der Waals surface area contributed by atoms with Gasteiger partial charge in [0.15, 0.2) is 0 Å². The van der Waals surface area contributed by atoms with Crippen LogP contribution in [0.2, 0.25) is 5.02 Å². The molecule has 4 nitrogen and oxygen atoms in total. The van der Waals surface area contributed by atoms with Crippen molar-refractivity contribution in [2.24, 2.45) is 5.92 Å². The molecule has 2 rings (SSSR count). The number of benzene rings is 1. The van der Waals surface area contributed by atoms with Gasteiger partial charge in [-0.05, 0) is 56.5 Å². The first-order valence-corrected chi connectivity index (χ1v) is 8.03. The van der Waals surface area contributed by atoms with Gasteiger partial charge in [0.05, 0.1) is 17.9 Å². The van der Waals surface area contributed by atoms with Gasteiger partial charge in [0.1, 0.15) is 0 Å². The highest BCUT2D eigenvalue weighted by molar-refractivity contribution is 6.31. The van der Waals surface area contributed by atoms with Crippen molar-refractivity contribution in [1.29, 1.82) is 0 Å². The predicted molar refractivity (Wildman–Crippen MR) is 88.6 cm³/mol. The highest BCUT2D eigenvalue weighted by atomic mass is 35.5. The summed E-state index contributed by atoms with van der Waals surface area (Å²) in [4.78, 5) is 14.4. The molecule has 1 atom stereocenters. The molecule has 21 heavy (non-hydrogen) atoms. The van der Waals surface area contributed by atoms with Gasteiger partial charge in [-0.2, -0.15) is 0 Å². The summed E-state index contributed by atoms with van der Waals surface area (Å²) in [5, 5.41) is 3.42. The molecule has 1 aliphatic rings. The summed E-state index contributed by atoms with van der Waals surface area (Å²) in [6.07, 6.45) is 4.86. The van der Waals surface area contributed by atoms with Gasteiger partial charge in [0, 0.05) is 5.02 Å². The molecule has 0 aromatic heterocycles. The van der Waals surface area contributed by atoms with Crippen LogP contribution in [-0.2, 0) is 4.79 Å². The Morgan fingerprint density at radius 2 is 2.24 bits per heavy atom. The number of hydrogen-bond donors (Lipinski definition) is 2. The van der Waals surface area contributed by atoms with Gasteiger partial charge in [-0.25, -0.2) is 0 Å². The third-order valence-corrected chi connectivity index (χ3v) is 4.41. The minimum Gasteiger partial charge on any atom is -0.397 e. The first kappa shape index (κ1) is 16.1. The molecule has 1 fully saturated rings. The van der Waals surface area contributed by atoms with Gasteiger partial charge in [0.2, 0.25) is 5.91 Å². The van der Waals surface area contributed by atoms with Crippen LogP contribution in [-0.4, -0.2) is 30.4 Å². The van der Waals surface area contributed by atoms with E-state index < -0.39 is 0 Å². The summed E-state index contributed by atoms with van der Waals surface area (Å²) >= 11 is 5.93. The Morgan fingerprint density at radius 1 is 1.43 bits per heavy atom. The number of rotatable bonds is 4. The van der Waals surface area contributed by atoms with Crippen molar-refractivity contribution in [2.45, 2.75) is 32.6 Å². The number of anilines is 2. The molecule has 1 aromatic rings. The SMILES string of the molecule is CCC1CCCN(CC(=O)Nc2cc(Cl)ccc2N)CC1. The van der Waals surface area contributed by atoms with Crippen molar-refractivity contribution in [3.8, 4) is 0 Å². The number of amides is 1. The smallest absolute Gasteiger partial charge is 0.238 e. The van der Waals surface area contributed by atoms with E-state index in [2.05, 4.69) is 17.1 Å². The van der Waals surface area contributed by atoms with E-state index in [1.54, 1.807) is 18.2 Å². The highest BCUT2D eigenvalue weighted by Crippen LogP contribution is 2.23. The van der Waals surface area contributed by atoms with E-state index in [4.69, 9.17) is 17.3 Å². The van der Waals surface area contributed by atoms with Crippen LogP contribution >= 0.6 is 11.6 Å². The van der Waals surface area contributed by atoms with Crippen molar-refractivity contribution in [3.63, 3.8) is 0 Å². The van der Waals surface area contributed by atoms with Gasteiger partial charge < -0.3 is 11.1 Å². The van der Waals surface area contributed by atoms with Crippen LogP contribution in [0.4, 0.5) is 11.4 Å². The zero-order valence-electron chi connectivity index (χ0n) is 12.6. The summed E-state index contributed by atoms with van der Waals surface area (Å²) in [6, 6.07) is 5.10. The van der Waals surface area contributed by atoms with Crippen molar-refractivity contribution < 1.29 is 4.79 Å². The fourth-order valence-electron chi connectivity index (χ4n) is 2.82. The molecule has 0 radical (unpaired) electrons. The Labute approximate surface area is 131 Å². The topological polar surface area (TPSA) is 58.4 Å². The van der Waals surface area contributed by atoms with Gasteiger partial charge in [-0.3, -0.25) is 9.69 Å². The van der Waals surface area contributed by atoms with Gasteiger partial charge in [0.25, 0.3) is 0 Å². The molecular formula is C16H24ClN3O. The quantitative estimate of drug-likeness (QED) is 0.838. The minimum absolute atomic E-state index is 0.0288. The molecule has 1 amide bonds. The average Bonchev–Trinajstić information content (AvgIpc) is 2.68. The standard InChI is InChI=1S/C16H24ClN3O/c1-2-12-4-3-8-20(9-7-12)11-16(21)19-15-10-13(17)5-6-14(15)18/h5-6,10,12H,2-4,7-9,11,18H2,1H3,(H,19,21). The van der Waals surface area contributed by atoms with Crippen molar-refractivity contribution in [1.82, 2.24) is 4.90 Å². The minimum atomic E-state index is -0.0288. The van der Waals surface area contributed by atoms with Crippen LogP contribution in [0, 0.1) is 5.92 Å². The molecule has 1 heterocycles. The summed E-state index contributed by atoms with van der Waals surface area (Å²) in [7, 11) is 0. The number of nitrogens with two attached hydrogens (primary N) is 1. The van der Waals surface area contributed by atoms with Crippen LogP contribution in [0.15, 0.2) is 18.2 Å². The number of nitrogens with one attached hydrogen (secondary N) is 1. The Morgan fingerprint density at radius 3 is 3.00 bits per heavy atom. The second-order valence-corrected chi connectivity index (χ2v) is 6.20. The van der Waals surface area contributed by atoms with Crippen LogP contribution in [0.3, 0.4) is 0 Å². The van der Waals surface area contributed by atoms with Crippen LogP contribution in [0.25, 0.3) is 0 Å². The van der Waals surface area contributed by atoms with E-state index in [9.17, 15) is 4.79 Å². The number of halogens is 1. The number of likely N-dealkylation sites (tertiary alicyclic amines) is 1. The van der Waals surface area contributed by atoms with Gasteiger partial charge in [-0.1, -0.05) is 24.9 Å². The molecule has 1 aliphatic heterocycles. The summed E-state index contributed by atoms with van der Waals surface area (Å²) in [6.45, 7) is 4.66. The molecule has 5 heteroatoms. The molecule has 0 aliphatic carbocycles. The Bertz CT molecular complexity index is 492. The largest absolute Gasteiger partial charge is 0.397 e. The third-order valence-electron chi connectivity index (χ3n) is 4.17. The van der Waals surface area contributed by atoms with E-state index in [1.807, 2.05) is 0 Å². The molecule has 1 aromatic carbocycles. The zero-order chi connectivity index (χ0) is 15.2. The molecule has 1 saturated heterocycles. The first-order valence-electron chi connectivity index (χ1n) is 7.65. The number of hydrogen-bond acceptors (Lipinski definition) is 3. The molecule has 3 N–H and O–H groups in total. The molecule has 0 spiro atoms. The average molecular weight is 310 g/mol. The number of carbonyl (C=O) groups excluding carboxylic acids is 1. The van der Waals surface area contributed by atoms with E-state index in [0.717, 1.165) is 19.0 Å². The lowest BCUT2D eigenvalue weighted by molar-refractivity contribution is -0.117. The third kappa shape index (κ3) is 4.90. The van der Waals surface area contributed by atoms with Crippen molar-refractivity contribution >= 4 is 28.9 Å². The van der Waals surface area contributed by atoms with Crippen molar-refractivity contribution in [3.05, 3.63) is 23.2 Å². The normalized spacial score (nSPS) is 20.0. The van der Waals surface area contributed by atoms with E-state index in [0.29, 0.717) is 22.9 Å². The summed E-state index contributed by atoms with van der Waals surface area (Å²) < 4.78 is 0. The maximum absolute atomic E-state index is 12.2. The lowest BCUT2D eigenvalue weighted by Crippen LogP contribution is -2.34. The molecule has 116 valence electrons. The Balaban J connectivity index is 1.88. The first-order chi connectivity index (χ1) is 10.1. The molecule has 0 bridgehead atoms.